The minimum Gasteiger partial charge on any atom is -0.334 e. The molecule has 23 heavy (non-hydrogen) atoms. The zero-order valence-electron chi connectivity index (χ0n) is 11.5. The third-order valence-electron chi connectivity index (χ3n) is 3.71. The molecule has 3 aromatic rings. The van der Waals surface area contributed by atoms with Gasteiger partial charge < -0.3 is 4.52 Å². The monoisotopic (exact) mass is 322 g/mol. The summed E-state index contributed by atoms with van der Waals surface area (Å²) >= 11 is 0. The fourth-order valence-electron chi connectivity index (χ4n) is 2.46. The van der Waals surface area contributed by atoms with Crippen LogP contribution in [-0.2, 0) is 0 Å². The summed E-state index contributed by atoms with van der Waals surface area (Å²) < 4.78 is 44.5. The van der Waals surface area contributed by atoms with Crippen molar-refractivity contribution in [2.45, 2.75) is 18.5 Å². The first kappa shape index (κ1) is 13.9. The lowest BCUT2D eigenvalue weighted by atomic mass is 10.2. The molecule has 4 rings (SSSR count). The third kappa shape index (κ3) is 2.45. The number of aromatic nitrogens is 6. The SMILES string of the molecule is FC(F)(F)[C@@H]1C[C@H]1c1noc(-c2ccccc2-n2cnnn2)n1. The lowest BCUT2D eigenvalue weighted by molar-refractivity contribution is -0.148. The van der Waals surface area contributed by atoms with Crippen molar-refractivity contribution in [1.29, 1.82) is 0 Å². The van der Waals surface area contributed by atoms with Crippen LogP contribution in [0.4, 0.5) is 13.2 Å². The minimum atomic E-state index is -4.23. The molecule has 0 saturated heterocycles. The molecule has 2 atom stereocenters. The molecule has 0 spiro atoms. The van der Waals surface area contributed by atoms with Gasteiger partial charge in [0.25, 0.3) is 5.89 Å². The highest BCUT2D eigenvalue weighted by Crippen LogP contribution is 2.55. The van der Waals surface area contributed by atoms with Crippen molar-refractivity contribution < 1.29 is 17.7 Å². The van der Waals surface area contributed by atoms with Crippen LogP contribution in [0.1, 0.15) is 18.2 Å². The topological polar surface area (TPSA) is 82.5 Å². The molecule has 0 radical (unpaired) electrons. The van der Waals surface area contributed by atoms with Crippen LogP contribution in [0.5, 0.6) is 0 Å². The molecule has 1 aliphatic rings. The van der Waals surface area contributed by atoms with E-state index in [1.165, 1.54) is 11.0 Å². The molecule has 1 fully saturated rings. The van der Waals surface area contributed by atoms with E-state index in [1.54, 1.807) is 24.3 Å². The maximum atomic E-state index is 12.6. The van der Waals surface area contributed by atoms with Gasteiger partial charge in [0.15, 0.2) is 5.82 Å². The molecule has 10 heteroatoms. The zero-order chi connectivity index (χ0) is 16.0. The number of benzene rings is 1. The van der Waals surface area contributed by atoms with Gasteiger partial charge in [-0.1, -0.05) is 17.3 Å². The Morgan fingerprint density at radius 2 is 2.04 bits per heavy atom. The lowest BCUT2D eigenvalue weighted by Crippen LogP contribution is -2.11. The Kier molecular flexibility index (Phi) is 2.93. The molecule has 0 bridgehead atoms. The molecule has 118 valence electrons. The summed E-state index contributed by atoms with van der Waals surface area (Å²) in [5.74, 6) is -1.90. The predicted molar refractivity (Wildman–Crippen MR) is 69.3 cm³/mol. The molecule has 1 aliphatic carbocycles. The van der Waals surface area contributed by atoms with Crippen molar-refractivity contribution in [1.82, 2.24) is 30.3 Å². The molecule has 0 unspecified atom stereocenters. The molecule has 2 aromatic heterocycles. The van der Waals surface area contributed by atoms with Gasteiger partial charge in [0.1, 0.15) is 6.33 Å². The molecule has 0 N–H and O–H groups in total. The van der Waals surface area contributed by atoms with E-state index in [0.29, 0.717) is 11.3 Å². The third-order valence-corrected chi connectivity index (χ3v) is 3.71. The van der Waals surface area contributed by atoms with Crippen LogP contribution in [-0.4, -0.2) is 36.5 Å². The average molecular weight is 322 g/mol. The standard InChI is InChI=1S/C13H9F3N6O/c14-13(15,16)9-5-8(9)11-18-12(23-19-11)7-3-1-2-4-10(7)22-6-17-20-21-22/h1-4,6,8-9H,5H2/t8-,9-/m1/s1. The molecular weight excluding hydrogens is 313 g/mol. The normalized spacial score (nSPS) is 20.7. The molecule has 7 nitrogen and oxygen atoms in total. The first-order valence-corrected chi connectivity index (χ1v) is 6.77. The van der Waals surface area contributed by atoms with Crippen LogP contribution in [0.15, 0.2) is 35.1 Å². The molecule has 2 heterocycles. The summed E-state index contributed by atoms with van der Waals surface area (Å²) in [6.07, 6.45) is -2.83. The fraction of sp³-hybridized carbons (Fsp3) is 0.308. The van der Waals surface area contributed by atoms with Gasteiger partial charge in [-0.3, -0.25) is 0 Å². The second-order valence-electron chi connectivity index (χ2n) is 5.22. The van der Waals surface area contributed by atoms with E-state index >= 15 is 0 Å². The Labute approximate surface area is 127 Å². The largest absolute Gasteiger partial charge is 0.392 e. The molecular formula is C13H9F3N6O. The number of alkyl halides is 3. The van der Waals surface area contributed by atoms with E-state index in [2.05, 4.69) is 25.7 Å². The summed E-state index contributed by atoms with van der Waals surface area (Å²) in [5, 5.41) is 14.6. The van der Waals surface area contributed by atoms with Crippen LogP contribution in [0, 0.1) is 5.92 Å². The quantitative estimate of drug-likeness (QED) is 0.736. The first-order chi connectivity index (χ1) is 11.0. The molecule has 0 amide bonds. The number of hydrogen-bond donors (Lipinski definition) is 0. The van der Waals surface area contributed by atoms with Crippen LogP contribution in [0.25, 0.3) is 17.1 Å². The van der Waals surface area contributed by atoms with Crippen LogP contribution < -0.4 is 0 Å². The van der Waals surface area contributed by atoms with Gasteiger partial charge in [0.05, 0.1) is 17.2 Å². The molecule has 0 aliphatic heterocycles. The van der Waals surface area contributed by atoms with Crippen molar-refractivity contribution in [3.05, 3.63) is 36.4 Å². The van der Waals surface area contributed by atoms with Gasteiger partial charge in [-0.2, -0.15) is 22.8 Å². The smallest absolute Gasteiger partial charge is 0.334 e. The lowest BCUT2D eigenvalue weighted by Gasteiger charge is -2.03. The van der Waals surface area contributed by atoms with E-state index < -0.39 is 18.0 Å². The summed E-state index contributed by atoms with van der Waals surface area (Å²) in [6, 6.07) is 6.98. The Bertz CT molecular complexity index is 828. The van der Waals surface area contributed by atoms with Crippen molar-refractivity contribution >= 4 is 0 Å². The molecule has 1 saturated carbocycles. The Morgan fingerprint density at radius 3 is 2.74 bits per heavy atom. The Morgan fingerprint density at radius 1 is 1.22 bits per heavy atom. The van der Waals surface area contributed by atoms with Crippen molar-refractivity contribution in [3.63, 3.8) is 0 Å². The fourth-order valence-corrected chi connectivity index (χ4v) is 2.46. The van der Waals surface area contributed by atoms with Crippen molar-refractivity contribution in [2.24, 2.45) is 5.92 Å². The van der Waals surface area contributed by atoms with Crippen molar-refractivity contribution in [3.8, 4) is 17.1 Å². The van der Waals surface area contributed by atoms with Crippen LogP contribution in [0.2, 0.25) is 0 Å². The first-order valence-electron chi connectivity index (χ1n) is 6.77. The Hall–Kier alpha value is -2.78. The van der Waals surface area contributed by atoms with Gasteiger partial charge in [0.2, 0.25) is 0 Å². The number of tetrazole rings is 1. The van der Waals surface area contributed by atoms with Gasteiger partial charge in [-0.25, -0.2) is 0 Å². The second-order valence-corrected chi connectivity index (χ2v) is 5.22. The number of halogens is 3. The van der Waals surface area contributed by atoms with E-state index in [-0.39, 0.29) is 18.1 Å². The van der Waals surface area contributed by atoms with Gasteiger partial charge in [-0.15, -0.1) is 5.10 Å². The van der Waals surface area contributed by atoms with Gasteiger partial charge in [0, 0.05) is 5.92 Å². The van der Waals surface area contributed by atoms with E-state index in [1.807, 2.05) is 0 Å². The zero-order valence-corrected chi connectivity index (χ0v) is 11.5. The van der Waals surface area contributed by atoms with Gasteiger partial charge in [-0.05, 0) is 29.0 Å². The summed E-state index contributed by atoms with van der Waals surface area (Å²) in [7, 11) is 0. The minimum absolute atomic E-state index is 0.00286. The molecule has 1 aromatic carbocycles. The Balaban J connectivity index is 1.66. The van der Waals surface area contributed by atoms with E-state index in [9.17, 15) is 13.2 Å². The predicted octanol–water partition coefficient (Wildman–Crippen LogP) is 2.38. The highest BCUT2D eigenvalue weighted by molar-refractivity contribution is 5.65. The van der Waals surface area contributed by atoms with Crippen LogP contribution >= 0.6 is 0 Å². The van der Waals surface area contributed by atoms with Crippen LogP contribution in [0.3, 0.4) is 0 Å². The number of hydrogen-bond acceptors (Lipinski definition) is 6. The summed E-state index contributed by atoms with van der Waals surface area (Å²) in [4.78, 5) is 4.12. The summed E-state index contributed by atoms with van der Waals surface area (Å²) in [5.41, 5.74) is 1.14. The highest BCUT2D eigenvalue weighted by Gasteiger charge is 2.58. The number of rotatable bonds is 3. The number of nitrogens with zero attached hydrogens (tertiary/aromatic N) is 6. The summed E-state index contributed by atoms with van der Waals surface area (Å²) in [6.45, 7) is 0. The van der Waals surface area contributed by atoms with E-state index in [0.717, 1.165) is 0 Å². The maximum absolute atomic E-state index is 12.6. The second kappa shape index (κ2) is 4.86. The highest BCUT2D eigenvalue weighted by atomic mass is 19.4. The number of para-hydroxylation sites is 1. The maximum Gasteiger partial charge on any atom is 0.392 e. The van der Waals surface area contributed by atoms with E-state index in [4.69, 9.17) is 4.52 Å². The van der Waals surface area contributed by atoms with Crippen molar-refractivity contribution in [2.75, 3.05) is 0 Å². The van der Waals surface area contributed by atoms with Gasteiger partial charge >= 0.3 is 6.18 Å². The average Bonchev–Trinajstić information content (AvgIpc) is 2.98.